The van der Waals surface area contributed by atoms with E-state index in [2.05, 4.69) is 20.2 Å². The Bertz CT molecular complexity index is 1120. The highest BCUT2D eigenvalue weighted by atomic mass is 35.5. The number of methoxy groups -OCH3 is 2. The van der Waals surface area contributed by atoms with Gasteiger partial charge in [-0.15, -0.1) is 0 Å². The Hall–Kier alpha value is -3.11. The van der Waals surface area contributed by atoms with E-state index in [0.717, 1.165) is 18.5 Å². The molecule has 3 aromatic rings. The van der Waals surface area contributed by atoms with Gasteiger partial charge in [0.25, 0.3) is 11.8 Å². The zero-order valence-corrected chi connectivity index (χ0v) is 19.8. The van der Waals surface area contributed by atoms with Crippen LogP contribution in [-0.2, 0) is 6.54 Å². The number of carbonyl (C=O) groups excluding carboxylic acids is 1. The quantitative estimate of drug-likeness (QED) is 0.530. The number of hydrogen-bond acceptors (Lipinski definition) is 9. The maximum atomic E-state index is 13.2. The maximum Gasteiger partial charge on any atom is 0.263 e. The third-order valence-electron chi connectivity index (χ3n) is 5.67. The number of nitrogens with zero attached hydrogens (tertiary/aromatic N) is 5. The standard InChI is InChI=1S/C22H26ClN5O5/c1-13-18(14(2)32-25-13)21-24-17(26-33-21)12-27-8-5-9-28(11-10-27)22(29)15-6-7-16(30-3)20(31-4)19(15)23/h6-7H,5,8-12H2,1-4H3. The molecule has 0 N–H and O–H groups in total. The van der Waals surface area contributed by atoms with Gasteiger partial charge in [-0.2, -0.15) is 4.98 Å². The molecule has 0 spiro atoms. The zero-order chi connectivity index (χ0) is 23.5. The van der Waals surface area contributed by atoms with Crippen molar-refractivity contribution in [3.05, 3.63) is 40.0 Å². The molecule has 1 fully saturated rings. The molecule has 1 aromatic carbocycles. The normalized spacial score (nSPS) is 14.9. The highest BCUT2D eigenvalue weighted by Crippen LogP contribution is 2.37. The van der Waals surface area contributed by atoms with Gasteiger partial charge in [-0.3, -0.25) is 9.69 Å². The number of aromatic nitrogens is 3. The molecule has 1 aliphatic rings. The summed E-state index contributed by atoms with van der Waals surface area (Å²) in [5, 5.41) is 8.29. The van der Waals surface area contributed by atoms with E-state index in [0.29, 0.717) is 66.4 Å². The summed E-state index contributed by atoms with van der Waals surface area (Å²) in [7, 11) is 3.02. The summed E-state index contributed by atoms with van der Waals surface area (Å²) in [5.41, 5.74) is 1.83. The van der Waals surface area contributed by atoms with Crippen LogP contribution in [0.1, 0.15) is 34.1 Å². The minimum atomic E-state index is -0.136. The molecule has 33 heavy (non-hydrogen) atoms. The fourth-order valence-corrected chi connectivity index (χ4v) is 4.28. The average Bonchev–Trinajstić information content (AvgIpc) is 3.31. The number of ether oxygens (including phenoxy) is 2. The molecule has 0 saturated carbocycles. The number of aryl methyl sites for hydroxylation is 2. The lowest BCUT2D eigenvalue weighted by atomic mass is 10.1. The summed E-state index contributed by atoms with van der Waals surface area (Å²) in [4.78, 5) is 21.7. The number of hydrogen-bond donors (Lipinski definition) is 0. The molecule has 0 aliphatic carbocycles. The Morgan fingerprint density at radius 3 is 2.61 bits per heavy atom. The van der Waals surface area contributed by atoms with Crippen LogP contribution in [0.5, 0.6) is 11.5 Å². The van der Waals surface area contributed by atoms with E-state index < -0.39 is 0 Å². The van der Waals surface area contributed by atoms with Crippen LogP contribution in [0.15, 0.2) is 21.2 Å². The van der Waals surface area contributed by atoms with Gasteiger partial charge >= 0.3 is 0 Å². The van der Waals surface area contributed by atoms with Gasteiger partial charge in [0.2, 0.25) is 0 Å². The van der Waals surface area contributed by atoms with E-state index in [1.165, 1.54) is 14.2 Å². The van der Waals surface area contributed by atoms with Crippen LogP contribution >= 0.6 is 11.6 Å². The Kier molecular flexibility index (Phi) is 6.85. The fraction of sp³-hybridized carbons (Fsp3) is 0.455. The van der Waals surface area contributed by atoms with Gasteiger partial charge in [-0.05, 0) is 32.4 Å². The van der Waals surface area contributed by atoms with Gasteiger partial charge in [0.1, 0.15) is 11.3 Å². The highest BCUT2D eigenvalue weighted by Gasteiger charge is 2.26. The van der Waals surface area contributed by atoms with Gasteiger partial charge in [0.05, 0.1) is 37.0 Å². The Balaban J connectivity index is 1.42. The Morgan fingerprint density at radius 2 is 1.91 bits per heavy atom. The molecule has 10 nitrogen and oxygen atoms in total. The second-order valence-electron chi connectivity index (χ2n) is 7.80. The second-order valence-corrected chi connectivity index (χ2v) is 8.18. The van der Waals surface area contributed by atoms with E-state index in [4.69, 9.17) is 30.1 Å². The smallest absolute Gasteiger partial charge is 0.263 e. The molecule has 11 heteroatoms. The molecule has 4 rings (SSSR count). The molecule has 176 valence electrons. The van der Waals surface area contributed by atoms with E-state index in [1.54, 1.807) is 17.0 Å². The zero-order valence-electron chi connectivity index (χ0n) is 19.1. The van der Waals surface area contributed by atoms with Crippen molar-refractivity contribution in [3.63, 3.8) is 0 Å². The van der Waals surface area contributed by atoms with Crippen LogP contribution in [0, 0.1) is 13.8 Å². The summed E-state index contributed by atoms with van der Waals surface area (Å²) >= 11 is 6.45. The first-order valence-corrected chi connectivity index (χ1v) is 11.0. The highest BCUT2D eigenvalue weighted by molar-refractivity contribution is 6.35. The lowest BCUT2D eigenvalue weighted by Gasteiger charge is -2.22. The molecule has 0 atom stereocenters. The number of halogens is 1. The third kappa shape index (κ3) is 4.67. The molecule has 1 amide bonds. The molecular formula is C22H26ClN5O5. The summed E-state index contributed by atoms with van der Waals surface area (Å²) < 4.78 is 21.2. The monoisotopic (exact) mass is 475 g/mol. The number of carbonyl (C=O) groups is 1. The topological polar surface area (TPSA) is 107 Å². The van der Waals surface area contributed by atoms with E-state index >= 15 is 0 Å². The van der Waals surface area contributed by atoms with Gasteiger partial charge in [0, 0.05) is 26.2 Å². The van der Waals surface area contributed by atoms with Crippen LogP contribution in [-0.4, -0.2) is 71.4 Å². The fourth-order valence-electron chi connectivity index (χ4n) is 3.96. The minimum absolute atomic E-state index is 0.136. The molecular weight excluding hydrogens is 450 g/mol. The van der Waals surface area contributed by atoms with E-state index in [1.807, 2.05) is 13.8 Å². The Labute approximate surface area is 196 Å². The van der Waals surface area contributed by atoms with Crippen LogP contribution in [0.2, 0.25) is 5.02 Å². The van der Waals surface area contributed by atoms with Gasteiger partial charge in [-0.1, -0.05) is 21.9 Å². The van der Waals surface area contributed by atoms with Crippen molar-refractivity contribution < 1.29 is 23.3 Å². The molecule has 3 heterocycles. The van der Waals surface area contributed by atoms with Crippen LogP contribution in [0.4, 0.5) is 0 Å². The lowest BCUT2D eigenvalue weighted by Crippen LogP contribution is -2.35. The van der Waals surface area contributed by atoms with E-state index in [-0.39, 0.29) is 10.9 Å². The number of benzene rings is 1. The number of rotatable bonds is 6. The third-order valence-corrected chi connectivity index (χ3v) is 6.05. The van der Waals surface area contributed by atoms with Crippen molar-refractivity contribution in [2.24, 2.45) is 0 Å². The van der Waals surface area contributed by atoms with Crippen molar-refractivity contribution in [1.29, 1.82) is 0 Å². The molecule has 0 radical (unpaired) electrons. The first kappa shape index (κ1) is 23.1. The van der Waals surface area contributed by atoms with Crippen molar-refractivity contribution in [1.82, 2.24) is 25.1 Å². The Morgan fingerprint density at radius 1 is 1.09 bits per heavy atom. The average molecular weight is 476 g/mol. The summed E-state index contributed by atoms with van der Waals surface area (Å²) in [5.74, 6) is 2.32. The van der Waals surface area contributed by atoms with Crippen molar-refractivity contribution in [2.45, 2.75) is 26.8 Å². The summed E-state index contributed by atoms with van der Waals surface area (Å²) in [6.07, 6.45) is 0.811. The minimum Gasteiger partial charge on any atom is -0.493 e. The van der Waals surface area contributed by atoms with Crippen LogP contribution < -0.4 is 9.47 Å². The maximum absolute atomic E-state index is 13.2. The van der Waals surface area contributed by atoms with Gasteiger partial charge in [0.15, 0.2) is 17.3 Å². The molecule has 1 saturated heterocycles. The molecule has 0 unspecified atom stereocenters. The van der Waals surface area contributed by atoms with Crippen LogP contribution in [0.25, 0.3) is 11.5 Å². The first-order chi connectivity index (χ1) is 15.9. The number of amides is 1. The molecule has 1 aliphatic heterocycles. The first-order valence-electron chi connectivity index (χ1n) is 10.6. The van der Waals surface area contributed by atoms with Crippen molar-refractivity contribution in [3.8, 4) is 23.0 Å². The van der Waals surface area contributed by atoms with Gasteiger partial charge in [-0.25, -0.2) is 0 Å². The van der Waals surface area contributed by atoms with Crippen LogP contribution in [0.3, 0.4) is 0 Å². The molecule has 2 aromatic heterocycles. The predicted octanol–water partition coefficient (Wildman–Crippen LogP) is 3.36. The van der Waals surface area contributed by atoms with Gasteiger partial charge < -0.3 is 23.4 Å². The lowest BCUT2D eigenvalue weighted by molar-refractivity contribution is 0.0760. The van der Waals surface area contributed by atoms with Crippen molar-refractivity contribution >= 4 is 17.5 Å². The van der Waals surface area contributed by atoms with Crippen molar-refractivity contribution in [2.75, 3.05) is 40.4 Å². The molecule has 0 bridgehead atoms. The SMILES string of the molecule is COc1ccc(C(=O)N2CCCN(Cc3noc(-c4c(C)noc4C)n3)CC2)c(Cl)c1OC. The van der Waals surface area contributed by atoms with E-state index in [9.17, 15) is 4.79 Å². The largest absolute Gasteiger partial charge is 0.493 e. The summed E-state index contributed by atoms with van der Waals surface area (Å²) in [6.45, 7) is 6.82. The second kappa shape index (κ2) is 9.80. The predicted molar refractivity (Wildman–Crippen MR) is 120 cm³/mol. The summed E-state index contributed by atoms with van der Waals surface area (Å²) in [6, 6.07) is 3.36.